The summed E-state index contributed by atoms with van der Waals surface area (Å²) in [4.78, 5) is 0. The summed E-state index contributed by atoms with van der Waals surface area (Å²) in [6.07, 6.45) is 0.826. The molecule has 0 radical (unpaired) electrons. The highest BCUT2D eigenvalue weighted by atomic mass is 32.2. The first kappa shape index (κ1) is 17.0. The van der Waals surface area contributed by atoms with E-state index in [2.05, 4.69) is 12.1 Å². The largest absolute Gasteiger partial charge is 0.492 e. The highest BCUT2D eigenvalue weighted by molar-refractivity contribution is 7.91. The summed E-state index contributed by atoms with van der Waals surface area (Å²) in [7, 11) is -2.98. The van der Waals surface area contributed by atoms with Crippen molar-refractivity contribution in [3.8, 4) is 5.75 Å². The van der Waals surface area contributed by atoms with E-state index in [-0.39, 0.29) is 24.2 Å². The van der Waals surface area contributed by atoms with Crippen LogP contribution in [-0.4, -0.2) is 32.6 Å². The van der Waals surface area contributed by atoms with Crippen LogP contribution in [0.1, 0.15) is 30.5 Å². The molecule has 0 saturated heterocycles. The SMILES string of the molecule is CCS(=O)(=O)CCOc1c(C)cc(CC(C)N)cc1C. The molecule has 1 aromatic rings. The van der Waals surface area contributed by atoms with Gasteiger partial charge in [0.15, 0.2) is 9.84 Å². The van der Waals surface area contributed by atoms with E-state index in [1.807, 2.05) is 20.8 Å². The number of hydrogen-bond donors (Lipinski definition) is 1. The number of rotatable bonds is 7. The summed E-state index contributed by atoms with van der Waals surface area (Å²) in [5.41, 5.74) is 9.04. The molecule has 1 aromatic carbocycles. The molecule has 1 rings (SSSR count). The van der Waals surface area contributed by atoms with Gasteiger partial charge in [-0.25, -0.2) is 8.42 Å². The molecule has 0 aliphatic rings. The van der Waals surface area contributed by atoms with Crippen molar-refractivity contribution in [2.75, 3.05) is 18.1 Å². The van der Waals surface area contributed by atoms with Gasteiger partial charge in [0, 0.05) is 11.8 Å². The van der Waals surface area contributed by atoms with E-state index in [1.165, 1.54) is 5.56 Å². The average Bonchev–Trinajstić information content (AvgIpc) is 2.32. The topological polar surface area (TPSA) is 69.4 Å². The Hall–Kier alpha value is -1.07. The van der Waals surface area contributed by atoms with E-state index in [1.54, 1.807) is 6.92 Å². The van der Waals surface area contributed by atoms with Crippen LogP contribution in [0.5, 0.6) is 5.75 Å². The van der Waals surface area contributed by atoms with Gasteiger partial charge in [-0.1, -0.05) is 19.1 Å². The minimum atomic E-state index is -2.98. The summed E-state index contributed by atoms with van der Waals surface area (Å²) in [6.45, 7) is 7.77. The minimum absolute atomic E-state index is 0.0595. The molecular weight excluding hydrogens is 274 g/mol. The van der Waals surface area contributed by atoms with Crippen molar-refractivity contribution in [3.63, 3.8) is 0 Å². The lowest BCUT2D eigenvalue weighted by atomic mass is 10.0. The smallest absolute Gasteiger partial charge is 0.153 e. The standard InChI is InChI=1S/C15H25NO3S/c1-5-20(17,18)7-6-19-15-11(2)8-14(9-12(15)3)10-13(4)16/h8-9,13H,5-7,10,16H2,1-4H3. The molecular formula is C15H25NO3S. The third kappa shape index (κ3) is 5.13. The maximum atomic E-state index is 11.4. The van der Waals surface area contributed by atoms with Gasteiger partial charge in [-0.05, 0) is 43.9 Å². The van der Waals surface area contributed by atoms with Gasteiger partial charge in [-0.3, -0.25) is 0 Å². The number of ether oxygens (including phenoxy) is 1. The van der Waals surface area contributed by atoms with Crippen LogP contribution < -0.4 is 10.5 Å². The summed E-state index contributed by atoms with van der Waals surface area (Å²) in [6, 6.07) is 4.23. The van der Waals surface area contributed by atoms with Gasteiger partial charge in [0.05, 0.1) is 5.75 Å². The Morgan fingerprint density at radius 3 is 2.25 bits per heavy atom. The third-order valence-corrected chi connectivity index (χ3v) is 4.83. The van der Waals surface area contributed by atoms with Crippen molar-refractivity contribution in [3.05, 3.63) is 28.8 Å². The van der Waals surface area contributed by atoms with Crippen LogP contribution in [0.3, 0.4) is 0 Å². The Morgan fingerprint density at radius 2 is 1.80 bits per heavy atom. The maximum Gasteiger partial charge on any atom is 0.153 e. The second-order valence-electron chi connectivity index (χ2n) is 5.32. The van der Waals surface area contributed by atoms with Crippen LogP contribution in [0.25, 0.3) is 0 Å². The summed E-state index contributed by atoms with van der Waals surface area (Å²) >= 11 is 0. The first-order chi connectivity index (χ1) is 9.25. The molecule has 0 bridgehead atoms. The van der Waals surface area contributed by atoms with Gasteiger partial charge in [0.25, 0.3) is 0 Å². The summed E-state index contributed by atoms with van der Waals surface area (Å²) < 4.78 is 28.5. The Labute approximate surface area is 122 Å². The molecule has 1 unspecified atom stereocenters. The normalized spacial score (nSPS) is 13.2. The fraction of sp³-hybridized carbons (Fsp3) is 0.600. The monoisotopic (exact) mass is 299 g/mol. The van der Waals surface area contributed by atoms with Crippen molar-refractivity contribution < 1.29 is 13.2 Å². The molecule has 5 heteroatoms. The van der Waals surface area contributed by atoms with E-state index >= 15 is 0 Å². The van der Waals surface area contributed by atoms with Gasteiger partial charge >= 0.3 is 0 Å². The first-order valence-electron chi connectivity index (χ1n) is 6.94. The molecule has 1 atom stereocenters. The number of aryl methyl sites for hydroxylation is 2. The van der Waals surface area contributed by atoms with E-state index in [0.717, 1.165) is 23.3 Å². The molecule has 114 valence electrons. The zero-order chi connectivity index (χ0) is 15.3. The number of hydrogen-bond acceptors (Lipinski definition) is 4. The fourth-order valence-corrected chi connectivity index (χ4v) is 2.80. The average molecular weight is 299 g/mol. The highest BCUT2D eigenvalue weighted by Crippen LogP contribution is 2.25. The zero-order valence-electron chi connectivity index (χ0n) is 12.8. The second-order valence-corrected chi connectivity index (χ2v) is 7.80. The molecule has 0 saturated carbocycles. The first-order valence-corrected chi connectivity index (χ1v) is 8.76. The van der Waals surface area contributed by atoms with Crippen LogP contribution >= 0.6 is 0 Å². The third-order valence-electron chi connectivity index (χ3n) is 3.16. The molecule has 20 heavy (non-hydrogen) atoms. The molecule has 0 heterocycles. The van der Waals surface area contributed by atoms with Crippen LogP contribution in [-0.2, 0) is 16.3 Å². The van der Waals surface area contributed by atoms with Crippen LogP contribution in [0.2, 0.25) is 0 Å². The molecule has 0 fully saturated rings. The lowest BCUT2D eigenvalue weighted by Gasteiger charge is -2.15. The van der Waals surface area contributed by atoms with Crippen molar-refractivity contribution in [2.24, 2.45) is 5.73 Å². The lowest BCUT2D eigenvalue weighted by Crippen LogP contribution is -2.18. The van der Waals surface area contributed by atoms with E-state index in [4.69, 9.17) is 10.5 Å². The molecule has 4 nitrogen and oxygen atoms in total. The van der Waals surface area contributed by atoms with Crippen molar-refractivity contribution >= 4 is 9.84 Å². The Bertz CT molecular complexity index is 527. The molecule has 0 aromatic heterocycles. The van der Waals surface area contributed by atoms with Crippen molar-refractivity contribution in [2.45, 2.75) is 40.2 Å². The minimum Gasteiger partial charge on any atom is -0.492 e. The molecule has 0 aliphatic heterocycles. The number of benzene rings is 1. The van der Waals surface area contributed by atoms with Gasteiger partial charge in [-0.2, -0.15) is 0 Å². The quantitative estimate of drug-likeness (QED) is 0.836. The fourth-order valence-electron chi connectivity index (χ4n) is 2.17. The number of nitrogens with two attached hydrogens (primary N) is 1. The van der Waals surface area contributed by atoms with Crippen molar-refractivity contribution in [1.82, 2.24) is 0 Å². The van der Waals surface area contributed by atoms with Crippen LogP contribution in [0.4, 0.5) is 0 Å². The van der Waals surface area contributed by atoms with Gasteiger partial charge in [-0.15, -0.1) is 0 Å². The van der Waals surface area contributed by atoms with Crippen LogP contribution in [0.15, 0.2) is 12.1 Å². The summed E-state index contributed by atoms with van der Waals surface area (Å²) in [5.74, 6) is 0.996. The highest BCUT2D eigenvalue weighted by Gasteiger charge is 2.11. The summed E-state index contributed by atoms with van der Waals surface area (Å²) in [5, 5.41) is 0. The molecule has 0 amide bonds. The molecule has 0 spiro atoms. The van der Waals surface area contributed by atoms with Gasteiger partial charge in [0.1, 0.15) is 12.4 Å². The van der Waals surface area contributed by atoms with Crippen LogP contribution in [0, 0.1) is 13.8 Å². The Morgan fingerprint density at radius 1 is 1.25 bits per heavy atom. The lowest BCUT2D eigenvalue weighted by molar-refractivity contribution is 0.336. The van der Waals surface area contributed by atoms with E-state index in [0.29, 0.717) is 0 Å². The second kappa shape index (κ2) is 7.09. The maximum absolute atomic E-state index is 11.4. The predicted molar refractivity (Wildman–Crippen MR) is 83.1 cm³/mol. The Kier molecular flexibility index (Phi) is 6.02. The van der Waals surface area contributed by atoms with E-state index in [9.17, 15) is 8.42 Å². The number of sulfone groups is 1. The van der Waals surface area contributed by atoms with Gasteiger partial charge < -0.3 is 10.5 Å². The van der Waals surface area contributed by atoms with E-state index < -0.39 is 9.84 Å². The van der Waals surface area contributed by atoms with Gasteiger partial charge in [0.2, 0.25) is 0 Å². The van der Waals surface area contributed by atoms with Crippen molar-refractivity contribution in [1.29, 1.82) is 0 Å². The molecule has 2 N–H and O–H groups in total. The zero-order valence-corrected chi connectivity index (χ0v) is 13.6. The predicted octanol–water partition coefficient (Wildman–Crippen LogP) is 2.01. The Balaban J connectivity index is 2.76. The molecule has 0 aliphatic carbocycles.